The van der Waals surface area contributed by atoms with Crippen molar-refractivity contribution in [2.75, 3.05) is 5.32 Å². The second-order valence-electron chi connectivity index (χ2n) is 4.14. The van der Waals surface area contributed by atoms with Gasteiger partial charge in [-0.1, -0.05) is 17.7 Å². The average molecular weight is 302 g/mol. The van der Waals surface area contributed by atoms with Crippen LogP contribution in [0.25, 0.3) is 0 Å². The molecule has 2 aromatic rings. The number of carbonyl (C=O) groups is 1. The molecule has 0 saturated carbocycles. The van der Waals surface area contributed by atoms with E-state index in [2.05, 4.69) is 10.3 Å². The number of benzene rings is 1. The number of anilines is 1. The minimum atomic E-state index is -0.379. The van der Waals surface area contributed by atoms with E-state index in [9.17, 15) is 4.79 Å². The van der Waals surface area contributed by atoms with Crippen molar-refractivity contribution in [3.8, 4) is 11.8 Å². The van der Waals surface area contributed by atoms with E-state index in [1.807, 2.05) is 18.2 Å². The van der Waals surface area contributed by atoms with Crippen molar-refractivity contribution in [1.82, 2.24) is 4.98 Å². The molecule has 106 valence electrons. The fraction of sp³-hybridized carbons (Fsp3) is 0.133. The largest absolute Gasteiger partial charge is 0.486 e. The van der Waals surface area contributed by atoms with Gasteiger partial charge in [-0.3, -0.25) is 9.78 Å². The summed E-state index contributed by atoms with van der Waals surface area (Å²) in [4.78, 5) is 15.4. The van der Waals surface area contributed by atoms with Gasteiger partial charge < -0.3 is 10.1 Å². The molecule has 1 aromatic carbocycles. The number of hydrogen-bond acceptors (Lipinski definition) is 4. The molecule has 1 aromatic heterocycles. The van der Waals surface area contributed by atoms with Crippen molar-refractivity contribution in [3.05, 3.63) is 53.3 Å². The third-order valence-corrected chi connectivity index (χ3v) is 2.85. The van der Waals surface area contributed by atoms with Gasteiger partial charge in [0.05, 0.1) is 16.8 Å². The van der Waals surface area contributed by atoms with Gasteiger partial charge in [-0.2, -0.15) is 5.26 Å². The lowest BCUT2D eigenvalue weighted by Gasteiger charge is -2.09. The van der Waals surface area contributed by atoms with E-state index >= 15 is 0 Å². The molecule has 1 N–H and O–H groups in total. The molecule has 0 fully saturated rings. The Kier molecular flexibility index (Phi) is 5.13. The zero-order valence-corrected chi connectivity index (χ0v) is 11.8. The predicted octanol–water partition coefficient (Wildman–Crippen LogP) is 3.17. The highest BCUT2D eigenvalue weighted by molar-refractivity contribution is 6.32. The average Bonchev–Trinajstić information content (AvgIpc) is 2.48. The first-order valence-electron chi connectivity index (χ1n) is 6.18. The fourth-order valence-electron chi connectivity index (χ4n) is 1.61. The number of ether oxygens (including phenoxy) is 1. The normalized spacial score (nSPS) is 9.71. The third kappa shape index (κ3) is 4.48. The number of aromatic nitrogens is 1. The Morgan fingerprint density at radius 3 is 2.90 bits per heavy atom. The van der Waals surface area contributed by atoms with E-state index in [1.165, 1.54) is 0 Å². The lowest BCUT2D eigenvalue weighted by Crippen LogP contribution is -2.10. The molecule has 0 aliphatic rings. The molecule has 0 radical (unpaired) electrons. The summed E-state index contributed by atoms with van der Waals surface area (Å²) in [6, 6.07) is 12.2. The molecule has 0 aliphatic heterocycles. The van der Waals surface area contributed by atoms with Crippen molar-refractivity contribution in [3.63, 3.8) is 0 Å². The molecule has 0 unspecified atom stereocenters. The smallest absolute Gasteiger partial charge is 0.238 e. The van der Waals surface area contributed by atoms with Crippen LogP contribution in [-0.4, -0.2) is 10.9 Å². The molecule has 5 nitrogen and oxygen atoms in total. The van der Waals surface area contributed by atoms with E-state index < -0.39 is 0 Å². The zero-order valence-electron chi connectivity index (χ0n) is 11.0. The quantitative estimate of drug-likeness (QED) is 0.920. The van der Waals surface area contributed by atoms with Crippen LogP contribution in [0.2, 0.25) is 5.02 Å². The van der Waals surface area contributed by atoms with Crippen molar-refractivity contribution in [2.45, 2.75) is 13.0 Å². The van der Waals surface area contributed by atoms with Crippen LogP contribution < -0.4 is 10.1 Å². The summed E-state index contributed by atoms with van der Waals surface area (Å²) in [5.74, 6) is 0.122. The molecule has 0 spiro atoms. The Hall–Kier alpha value is -2.58. The van der Waals surface area contributed by atoms with Crippen molar-refractivity contribution < 1.29 is 9.53 Å². The van der Waals surface area contributed by atoms with Crippen LogP contribution in [-0.2, 0) is 11.4 Å². The zero-order chi connectivity index (χ0) is 15.1. The molecule has 1 amide bonds. The van der Waals surface area contributed by atoms with Gasteiger partial charge in [0, 0.05) is 11.9 Å². The number of nitrogens with zero attached hydrogens (tertiary/aromatic N) is 2. The van der Waals surface area contributed by atoms with Gasteiger partial charge in [0.2, 0.25) is 5.91 Å². The molecule has 21 heavy (non-hydrogen) atoms. The van der Waals surface area contributed by atoms with Crippen LogP contribution in [0.4, 0.5) is 5.69 Å². The van der Waals surface area contributed by atoms with Gasteiger partial charge in [0.25, 0.3) is 0 Å². The van der Waals surface area contributed by atoms with Crippen molar-refractivity contribution >= 4 is 23.2 Å². The van der Waals surface area contributed by atoms with Crippen molar-refractivity contribution in [2.24, 2.45) is 0 Å². The summed E-state index contributed by atoms with van der Waals surface area (Å²) in [5, 5.41) is 11.4. The number of hydrogen-bond donors (Lipinski definition) is 1. The monoisotopic (exact) mass is 301 g/mol. The maximum absolute atomic E-state index is 11.3. The highest BCUT2D eigenvalue weighted by Crippen LogP contribution is 2.28. The highest BCUT2D eigenvalue weighted by Gasteiger charge is 2.06. The van der Waals surface area contributed by atoms with Gasteiger partial charge in [-0.05, 0) is 30.3 Å². The van der Waals surface area contributed by atoms with E-state index in [0.717, 1.165) is 5.69 Å². The third-order valence-electron chi connectivity index (χ3n) is 2.56. The van der Waals surface area contributed by atoms with Crippen LogP contribution >= 0.6 is 11.6 Å². The number of amides is 1. The summed E-state index contributed by atoms with van der Waals surface area (Å²) in [7, 11) is 0. The first-order valence-corrected chi connectivity index (χ1v) is 6.56. The number of rotatable bonds is 5. The lowest BCUT2D eigenvalue weighted by atomic mass is 10.3. The molecule has 0 atom stereocenters. The Labute approximate surface area is 127 Å². The highest BCUT2D eigenvalue weighted by atomic mass is 35.5. The Bertz CT molecular complexity index is 668. The maximum atomic E-state index is 11.3. The van der Waals surface area contributed by atoms with E-state index in [4.69, 9.17) is 21.6 Å². The van der Waals surface area contributed by atoms with Gasteiger partial charge in [-0.15, -0.1) is 0 Å². The summed E-state index contributed by atoms with van der Waals surface area (Å²) in [5.41, 5.74) is 1.31. The van der Waals surface area contributed by atoms with Gasteiger partial charge in [0.15, 0.2) is 0 Å². The number of nitriles is 1. The molecule has 2 rings (SSSR count). The molecule has 0 saturated heterocycles. The van der Waals surface area contributed by atoms with Crippen LogP contribution in [0, 0.1) is 11.3 Å². The van der Waals surface area contributed by atoms with Crippen LogP contribution in [0.3, 0.4) is 0 Å². The number of carbonyl (C=O) groups excluding carboxylic acids is 1. The predicted molar refractivity (Wildman–Crippen MR) is 78.9 cm³/mol. The standard InChI is InChI=1S/C15H12ClN3O2/c16-13-9-11(19-15(20)6-7-17)4-5-14(13)21-10-12-3-1-2-8-18-12/h1-5,8-9H,6,10H2,(H,19,20). The lowest BCUT2D eigenvalue weighted by molar-refractivity contribution is -0.115. The Morgan fingerprint density at radius 2 is 2.24 bits per heavy atom. The topological polar surface area (TPSA) is 75.0 Å². The van der Waals surface area contributed by atoms with Crippen LogP contribution in [0.1, 0.15) is 12.1 Å². The second kappa shape index (κ2) is 7.27. The molecule has 6 heteroatoms. The van der Waals surface area contributed by atoms with Crippen LogP contribution in [0.5, 0.6) is 5.75 Å². The fourth-order valence-corrected chi connectivity index (χ4v) is 1.84. The number of nitrogens with one attached hydrogen (secondary N) is 1. The molecular formula is C15H12ClN3O2. The Morgan fingerprint density at radius 1 is 1.38 bits per heavy atom. The van der Waals surface area contributed by atoms with Crippen molar-refractivity contribution in [1.29, 1.82) is 5.26 Å². The summed E-state index contributed by atoms with van der Waals surface area (Å²) < 4.78 is 5.57. The summed E-state index contributed by atoms with van der Waals surface area (Å²) >= 11 is 6.09. The van der Waals surface area contributed by atoms with Gasteiger partial charge in [0.1, 0.15) is 18.8 Å². The first-order chi connectivity index (χ1) is 10.2. The SMILES string of the molecule is N#CCC(=O)Nc1ccc(OCc2ccccn2)c(Cl)c1. The Balaban J connectivity index is 1.99. The van der Waals surface area contributed by atoms with E-state index in [1.54, 1.807) is 30.5 Å². The molecule has 0 aliphatic carbocycles. The molecule has 0 bridgehead atoms. The number of halogens is 1. The maximum Gasteiger partial charge on any atom is 0.238 e. The van der Waals surface area contributed by atoms with Gasteiger partial charge >= 0.3 is 0 Å². The van der Waals surface area contributed by atoms with Crippen LogP contribution in [0.15, 0.2) is 42.6 Å². The number of pyridine rings is 1. The minimum absolute atomic E-state index is 0.199. The minimum Gasteiger partial charge on any atom is -0.486 e. The van der Waals surface area contributed by atoms with E-state index in [-0.39, 0.29) is 12.3 Å². The summed E-state index contributed by atoms with van der Waals surface area (Å²) in [6.07, 6.45) is 1.49. The van der Waals surface area contributed by atoms with Gasteiger partial charge in [-0.25, -0.2) is 0 Å². The molecule has 1 heterocycles. The van der Waals surface area contributed by atoms with E-state index in [0.29, 0.717) is 23.1 Å². The first kappa shape index (κ1) is 14.8. The second-order valence-corrected chi connectivity index (χ2v) is 4.55. The summed E-state index contributed by atoms with van der Waals surface area (Å²) in [6.45, 7) is 0.306. The molecular weight excluding hydrogens is 290 g/mol.